The Hall–Kier alpha value is -1.55. The molecule has 2 fully saturated rings. The Balaban J connectivity index is 1.64. The number of guanidine groups is 1. The molecular formula is C20H31N3O. The van der Waals surface area contributed by atoms with E-state index in [0.29, 0.717) is 5.92 Å². The average molecular weight is 329 g/mol. The molecule has 2 aliphatic rings. The highest BCUT2D eigenvalue weighted by Gasteiger charge is 2.29. The minimum absolute atomic E-state index is 0.194. The van der Waals surface area contributed by atoms with E-state index in [1.54, 1.807) is 0 Å². The fraction of sp³-hybridized carbons (Fsp3) is 0.650. The Kier molecular flexibility index (Phi) is 6.13. The molecule has 0 spiro atoms. The van der Waals surface area contributed by atoms with E-state index in [9.17, 15) is 0 Å². The molecular weight excluding hydrogens is 298 g/mol. The molecule has 0 radical (unpaired) electrons. The van der Waals surface area contributed by atoms with Gasteiger partial charge in [0.05, 0.1) is 6.10 Å². The fourth-order valence-corrected chi connectivity index (χ4v) is 3.68. The van der Waals surface area contributed by atoms with Crippen molar-refractivity contribution in [2.45, 2.75) is 39.2 Å². The van der Waals surface area contributed by atoms with Crippen molar-refractivity contribution in [1.29, 1.82) is 0 Å². The van der Waals surface area contributed by atoms with E-state index in [1.165, 1.54) is 18.4 Å². The van der Waals surface area contributed by atoms with Crippen LogP contribution in [0.15, 0.2) is 35.3 Å². The average Bonchev–Trinajstić information content (AvgIpc) is 3.09. The van der Waals surface area contributed by atoms with Crippen molar-refractivity contribution < 1.29 is 4.74 Å². The molecule has 2 atom stereocenters. The third-order valence-electron chi connectivity index (χ3n) is 5.24. The van der Waals surface area contributed by atoms with Gasteiger partial charge in [0.25, 0.3) is 0 Å². The van der Waals surface area contributed by atoms with Crippen molar-refractivity contribution in [1.82, 2.24) is 10.2 Å². The van der Waals surface area contributed by atoms with Gasteiger partial charge in [0.15, 0.2) is 5.96 Å². The van der Waals surface area contributed by atoms with Crippen LogP contribution >= 0.6 is 0 Å². The molecule has 132 valence electrons. The highest BCUT2D eigenvalue weighted by atomic mass is 16.5. The van der Waals surface area contributed by atoms with Crippen LogP contribution < -0.4 is 5.32 Å². The molecule has 1 aromatic carbocycles. The van der Waals surface area contributed by atoms with Crippen molar-refractivity contribution in [3.63, 3.8) is 0 Å². The van der Waals surface area contributed by atoms with E-state index in [-0.39, 0.29) is 6.10 Å². The summed E-state index contributed by atoms with van der Waals surface area (Å²) in [7, 11) is 0. The second kappa shape index (κ2) is 8.52. The summed E-state index contributed by atoms with van der Waals surface area (Å²) < 4.78 is 6.00. The second-order valence-corrected chi connectivity index (χ2v) is 7.12. The predicted octanol–water partition coefficient (Wildman–Crippen LogP) is 3.46. The molecule has 4 nitrogen and oxygen atoms in total. The van der Waals surface area contributed by atoms with E-state index in [4.69, 9.17) is 9.73 Å². The lowest BCUT2D eigenvalue weighted by Gasteiger charge is -2.33. The van der Waals surface area contributed by atoms with Gasteiger partial charge < -0.3 is 15.0 Å². The van der Waals surface area contributed by atoms with Crippen LogP contribution in [-0.2, 0) is 4.74 Å². The van der Waals surface area contributed by atoms with Gasteiger partial charge in [-0.15, -0.1) is 0 Å². The van der Waals surface area contributed by atoms with Crippen molar-refractivity contribution in [2.75, 3.05) is 32.8 Å². The standard InChI is InChI=1S/C20H31N3O/c1-3-21-20(23-12-9-16(2)10-13-23)22-15-18-11-14-24-19(18)17-7-5-4-6-8-17/h4-8,16,18-19H,3,9-15H2,1-2H3,(H,21,22). The van der Waals surface area contributed by atoms with Crippen molar-refractivity contribution in [3.8, 4) is 0 Å². The fourth-order valence-electron chi connectivity index (χ4n) is 3.68. The lowest BCUT2D eigenvalue weighted by molar-refractivity contribution is 0.0925. The van der Waals surface area contributed by atoms with E-state index >= 15 is 0 Å². The van der Waals surface area contributed by atoms with E-state index in [2.05, 4.69) is 54.4 Å². The summed E-state index contributed by atoms with van der Waals surface area (Å²) in [5.41, 5.74) is 1.28. The Labute approximate surface area is 146 Å². The molecule has 24 heavy (non-hydrogen) atoms. The first-order chi connectivity index (χ1) is 11.8. The second-order valence-electron chi connectivity index (χ2n) is 7.12. The zero-order chi connectivity index (χ0) is 16.8. The van der Waals surface area contributed by atoms with Crippen LogP contribution in [0.3, 0.4) is 0 Å². The monoisotopic (exact) mass is 329 g/mol. The summed E-state index contributed by atoms with van der Waals surface area (Å²) in [6, 6.07) is 10.6. The van der Waals surface area contributed by atoms with Gasteiger partial charge in [-0.25, -0.2) is 0 Å². The Morgan fingerprint density at radius 1 is 1.21 bits per heavy atom. The lowest BCUT2D eigenvalue weighted by atomic mass is 9.95. The van der Waals surface area contributed by atoms with Crippen LogP contribution in [0.4, 0.5) is 0 Å². The highest BCUT2D eigenvalue weighted by Crippen LogP contribution is 2.34. The summed E-state index contributed by atoms with van der Waals surface area (Å²) >= 11 is 0. The number of nitrogens with one attached hydrogen (secondary N) is 1. The summed E-state index contributed by atoms with van der Waals surface area (Å²) in [6.45, 7) is 9.35. The molecule has 0 saturated carbocycles. The van der Waals surface area contributed by atoms with Crippen LogP contribution in [-0.4, -0.2) is 43.6 Å². The van der Waals surface area contributed by atoms with Crippen molar-refractivity contribution >= 4 is 5.96 Å². The van der Waals surface area contributed by atoms with Crippen molar-refractivity contribution in [2.24, 2.45) is 16.8 Å². The van der Waals surface area contributed by atoms with Gasteiger partial charge in [-0.1, -0.05) is 37.3 Å². The van der Waals surface area contributed by atoms with Crippen LogP contribution in [0.1, 0.15) is 44.8 Å². The third kappa shape index (κ3) is 4.29. The molecule has 3 rings (SSSR count). The molecule has 0 aromatic heterocycles. The molecule has 0 amide bonds. The summed E-state index contributed by atoms with van der Waals surface area (Å²) in [5.74, 6) is 2.41. The highest BCUT2D eigenvalue weighted by molar-refractivity contribution is 5.80. The number of likely N-dealkylation sites (tertiary alicyclic amines) is 1. The van der Waals surface area contributed by atoms with Crippen molar-refractivity contribution in [3.05, 3.63) is 35.9 Å². The summed E-state index contributed by atoms with van der Waals surface area (Å²) in [4.78, 5) is 7.40. The van der Waals surface area contributed by atoms with E-state index in [0.717, 1.165) is 51.1 Å². The lowest BCUT2D eigenvalue weighted by Crippen LogP contribution is -2.45. The Morgan fingerprint density at radius 2 is 1.96 bits per heavy atom. The quantitative estimate of drug-likeness (QED) is 0.679. The normalized spacial score (nSPS) is 25.9. The van der Waals surface area contributed by atoms with Crippen LogP contribution in [0.25, 0.3) is 0 Å². The minimum Gasteiger partial charge on any atom is -0.373 e. The number of hydrogen-bond acceptors (Lipinski definition) is 2. The molecule has 2 saturated heterocycles. The van der Waals surface area contributed by atoms with Crippen LogP contribution in [0.2, 0.25) is 0 Å². The van der Waals surface area contributed by atoms with Crippen LogP contribution in [0.5, 0.6) is 0 Å². The van der Waals surface area contributed by atoms with Gasteiger partial charge in [-0.2, -0.15) is 0 Å². The zero-order valence-electron chi connectivity index (χ0n) is 15.1. The smallest absolute Gasteiger partial charge is 0.193 e. The molecule has 0 aliphatic carbocycles. The number of hydrogen-bond donors (Lipinski definition) is 1. The first-order valence-electron chi connectivity index (χ1n) is 9.47. The van der Waals surface area contributed by atoms with Gasteiger partial charge in [-0.05, 0) is 37.7 Å². The molecule has 0 bridgehead atoms. The first-order valence-corrected chi connectivity index (χ1v) is 9.47. The maximum atomic E-state index is 6.00. The third-order valence-corrected chi connectivity index (χ3v) is 5.24. The molecule has 2 heterocycles. The molecule has 4 heteroatoms. The number of rotatable bonds is 4. The zero-order valence-corrected chi connectivity index (χ0v) is 15.1. The van der Waals surface area contributed by atoms with Gasteiger partial charge in [-0.3, -0.25) is 4.99 Å². The molecule has 1 aromatic rings. The van der Waals surface area contributed by atoms with E-state index < -0.39 is 0 Å². The predicted molar refractivity (Wildman–Crippen MR) is 99.2 cm³/mol. The molecule has 2 unspecified atom stereocenters. The maximum Gasteiger partial charge on any atom is 0.193 e. The first kappa shape index (κ1) is 17.3. The summed E-state index contributed by atoms with van der Waals surface area (Å²) in [6.07, 6.45) is 3.83. The van der Waals surface area contributed by atoms with Crippen LogP contribution in [0, 0.1) is 11.8 Å². The maximum absolute atomic E-state index is 6.00. The number of nitrogens with zero attached hydrogens (tertiary/aromatic N) is 2. The number of benzene rings is 1. The number of piperidine rings is 1. The largest absolute Gasteiger partial charge is 0.373 e. The molecule has 1 N–H and O–H groups in total. The summed E-state index contributed by atoms with van der Waals surface area (Å²) in [5, 5.41) is 3.48. The van der Waals surface area contributed by atoms with Gasteiger partial charge in [0.2, 0.25) is 0 Å². The SMILES string of the molecule is CCNC(=NCC1CCOC1c1ccccc1)N1CCC(C)CC1. The minimum atomic E-state index is 0.194. The van der Waals surface area contributed by atoms with Gasteiger partial charge in [0, 0.05) is 38.7 Å². The Bertz CT molecular complexity index is 523. The van der Waals surface area contributed by atoms with Gasteiger partial charge in [0.1, 0.15) is 0 Å². The topological polar surface area (TPSA) is 36.9 Å². The Morgan fingerprint density at radius 3 is 2.67 bits per heavy atom. The number of ether oxygens (including phenoxy) is 1. The van der Waals surface area contributed by atoms with Gasteiger partial charge >= 0.3 is 0 Å². The molecule has 2 aliphatic heterocycles. The van der Waals surface area contributed by atoms with E-state index in [1.807, 2.05) is 0 Å². The number of aliphatic imine (C=N–C) groups is 1.